The Kier molecular flexibility index (Phi) is 4.94. The van der Waals surface area contributed by atoms with Crippen molar-refractivity contribution < 1.29 is 13.2 Å². The number of nitrogens with zero attached hydrogens (tertiary/aromatic N) is 1. The summed E-state index contributed by atoms with van der Waals surface area (Å²) in [6, 6.07) is 4.99. The van der Waals surface area contributed by atoms with Crippen LogP contribution in [0.5, 0.6) is 5.75 Å². The van der Waals surface area contributed by atoms with E-state index >= 15 is 0 Å². The molecule has 1 saturated heterocycles. The van der Waals surface area contributed by atoms with Crippen LogP contribution < -0.4 is 4.74 Å². The van der Waals surface area contributed by atoms with Crippen molar-refractivity contribution in [1.82, 2.24) is 4.31 Å². The van der Waals surface area contributed by atoms with Crippen molar-refractivity contribution in [3.8, 4) is 5.75 Å². The normalized spacial score (nSPS) is 20.2. The molecule has 2 rings (SSSR count). The first-order valence-corrected chi connectivity index (χ1v) is 8.76. The van der Waals surface area contributed by atoms with Gasteiger partial charge in [-0.1, -0.05) is 6.92 Å². The molecule has 0 aromatic heterocycles. The van der Waals surface area contributed by atoms with E-state index in [-0.39, 0.29) is 11.9 Å². The van der Waals surface area contributed by atoms with Crippen LogP contribution in [-0.4, -0.2) is 32.4 Å². The molecule has 0 spiro atoms. The maximum absolute atomic E-state index is 12.7. The van der Waals surface area contributed by atoms with E-state index in [0.717, 1.165) is 19.3 Å². The molecule has 112 valence electrons. The fourth-order valence-corrected chi connectivity index (χ4v) is 4.72. The Morgan fingerprint density at radius 2 is 2.20 bits per heavy atom. The number of rotatable bonds is 5. The Labute approximate surface area is 125 Å². The average molecular weight is 318 g/mol. The van der Waals surface area contributed by atoms with Gasteiger partial charge in [-0.3, -0.25) is 0 Å². The summed E-state index contributed by atoms with van der Waals surface area (Å²) in [6.45, 7) is 2.62. The zero-order valence-electron chi connectivity index (χ0n) is 11.8. The van der Waals surface area contributed by atoms with E-state index in [4.69, 9.17) is 16.3 Å². The average Bonchev–Trinajstić information content (AvgIpc) is 2.95. The Morgan fingerprint density at radius 3 is 2.80 bits per heavy atom. The van der Waals surface area contributed by atoms with Gasteiger partial charge >= 0.3 is 0 Å². The van der Waals surface area contributed by atoms with E-state index in [9.17, 15) is 8.42 Å². The summed E-state index contributed by atoms with van der Waals surface area (Å²) in [7, 11) is -1.89. The SMILES string of the molecule is CCC1CCCN1S(=O)(=O)c1ccc(OC)c(CCl)c1. The van der Waals surface area contributed by atoms with E-state index < -0.39 is 10.0 Å². The Bertz CT molecular complexity index is 574. The van der Waals surface area contributed by atoms with Crippen LogP contribution in [0.4, 0.5) is 0 Å². The third-order valence-corrected chi connectivity index (χ3v) is 6.03. The summed E-state index contributed by atoms with van der Waals surface area (Å²) in [5.74, 6) is 0.844. The highest BCUT2D eigenvalue weighted by atomic mass is 35.5. The maximum Gasteiger partial charge on any atom is 0.243 e. The molecule has 0 aliphatic carbocycles. The quantitative estimate of drug-likeness (QED) is 0.784. The first kappa shape index (κ1) is 15.6. The summed E-state index contributed by atoms with van der Waals surface area (Å²) >= 11 is 5.86. The smallest absolute Gasteiger partial charge is 0.243 e. The maximum atomic E-state index is 12.7. The first-order chi connectivity index (χ1) is 9.54. The van der Waals surface area contributed by atoms with Gasteiger partial charge in [-0.25, -0.2) is 8.42 Å². The van der Waals surface area contributed by atoms with Gasteiger partial charge < -0.3 is 4.74 Å². The highest BCUT2D eigenvalue weighted by Crippen LogP contribution is 2.30. The van der Waals surface area contributed by atoms with Gasteiger partial charge in [0, 0.05) is 18.2 Å². The van der Waals surface area contributed by atoms with Crippen LogP contribution >= 0.6 is 11.6 Å². The molecule has 20 heavy (non-hydrogen) atoms. The Morgan fingerprint density at radius 1 is 1.45 bits per heavy atom. The molecule has 1 unspecified atom stereocenters. The monoisotopic (exact) mass is 317 g/mol. The number of benzene rings is 1. The minimum atomic E-state index is -3.44. The van der Waals surface area contributed by atoms with Crippen LogP contribution in [0.15, 0.2) is 23.1 Å². The summed E-state index contributed by atoms with van der Waals surface area (Å²) in [5, 5.41) is 0. The lowest BCUT2D eigenvalue weighted by molar-refractivity contribution is 0.379. The third-order valence-electron chi connectivity index (χ3n) is 3.80. The van der Waals surface area contributed by atoms with Gasteiger partial charge in [0.05, 0.1) is 17.9 Å². The first-order valence-electron chi connectivity index (χ1n) is 6.79. The lowest BCUT2D eigenvalue weighted by atomic mass is 10.2. The molecular formula is C14H20ClNO3S. The standard InChI is InChI=1S/C14H20ClNO3S/c1-3-12-5-4-8-16(12)20(17,18)13-6-7-14(19-2)11(9-13)10-15/h6-7,9,12H,3-5,8,10H2,1-2H3. The predicted octanol–water partition coefficient (Wildman–Crippen LogP) is 3.00. The van der Waals surface area contributed by atoms with Crippen molar-refractivity contribution in [1.29, 1.82) is 0 Å². The summed E-state index contributed by atoms with van der Waals surface area (Å²) in [5.41, 5.74) is 0.697. The zero-order chi connectivity index (χ0) is 14.8. The molecule has 0 saturated carbocycles. The molecule has 0 radical (unpaired) electrons. The fourth-order valence-electron chi connectivity index (χ4n) is 2.69. The van der Waals surface area contributed by atoms with Gasteiger partial charge in [0.2, 0.25) is 10.0 Å². The molecule has 1 aliphatic heterocycles. The largest absolute Gasteiger partial charge is 0.496 e. The number of ether oxygens (including phenoxy) is 1. The summed E-state index contributed by atoms with van der Waals surface area (Å²) < 4.78 is 32.2. The number of methoxy groups -OCH3 is 1. The Hall–Kier alpha value is -0.780. The molecule has 1 aromatic rings. The minimum Gasteiger partial charge on any atom is -0.496 e. The van der Waals surface area contributed by atoms with E-state index in [1.165, 1.54) is 0 Å². The molecule has 1 fully saturated rings. The molecule has 0 bridgehead atoms. The van der Waals surface area contributed by atoms with E-state index in [1.54, 1.807) is 29.6 Å². The van der Waals surface area contributed by atoms with Crippen molar-refractivity contribution in [2.75, 3.05) is 13.7 Å². The second-order valence-corrected chi connectivity index (χ2v) is 7.09. The summed E-state index contributed by atoms with van der Waals surface area (Å²) in [4.78, 5) is 0.300. The molecule has 1 atom stereocenters. The van der Waals surface area contributed by atoms with Crippen molar-refractivity contribution in [3.63, 3.8) is 0 Å². The number of sulfonamides is 1. The topological polar surface area (TPSA) is 46.6 Å². The molecule has 1 aromatic carbocycles. The van der Waals surface area contributed by atoms with Crippen molar-refractivity contribution in [2.24, 2.45) is 0 Å². The van der Waals surface area contributed by atoms with Crippen LogP contribution in [0.3, 0.4) is 0 Å². The fraction of sp³-hybridized carbons (Fsp3) is 0.571. The molecule has 1 aliphatic rings. The zero-order valence-corrected chi connectivity index (χ0v) is 13.4. The predicted molar refractivity (Wildman–Crippen MR) is 79.8 cm³/mol. The third kappa shape index (κ3) is 2.80. The van der Waals surface area contributed by atoms with Gasteiger partial charge in [0.15, 0.2) is 0 Å². The Balaban J connectivity index is 2.39. The second-order valence-electron chi connectivity index (χ2n) is 4.93. The molecule has 4 nitrogen and oxygen atoms in total. The lowest BCUT2D eigenvalue weighted by Crippen LogP contribution is -2.35. The van der Waals surface area contributed by atoms with Gasteiger partial charge in [0.1, 0.15) is 5.75 Å². The number of hydrogen-bond acceptors (Lipinski definition) is 3. The van der Waals surface area contributed by atoms with Crippen LogP contribution in [0, 0.1) is 0 Å². The lowest BCUT2D eigenvalue weighted by Gasteiger charge is -2.23. The molecular weight excluding hydrogens is 298 g/mol. The summed E-state index contributed by atoms with van der Waals surface area (Å²) in [6.07, 6.45) is 2.71. The molecule has 0 N–H and O–H groups in total. The van der Waals surface area contributed by atoms with Crippen molar-refractivity contribution in [2.45, 2.75) is 43.0 Å². The van der Waals surface area contributed by atoms with E-state index in [0.29, 0.717) is 22.8 Å². The van der Waals surface area contributed by atoms with Gasteiger partial charge in [-0.05, 0) is 37.5 Å². The second kappa shape index (κ2) is 6.33. The number of hydrogen-bond donors (Lipinski definition) is 0. The van der Waals surface area contributed by atoms with Gasteiger partial charge in [-0.2, -0.15) is 4.31 Å². The van der Waals surface area contributed by atoms with Crippen LogP contribution in [0.25, 0.3) is 0 Å². The van der Waals surface area contributed by atoms with E-state index in [2.05, 4.69) is 0 Å². The van der Waals surface area contributed by atoms with Gasteiger partial charge in [-0.15, -0.1) is 11.6 Å². The van der Waals surface area contributed by atoms with E-state index in [1.807, 2.05) is 6.92 Å². The highest BCUT2D eigenvalue weighted by Gasteiger charge is 2.34. The minimum absolute atomic E-state index is 0.113. The van der Waals surface area contributed by atoms with Crippen LogP contribution in [0.1, 0.15) is 31.7 Å². The van der Waals surface area contributed by atoms with Crippen molar-refractivity contribution >= 4 is 21.6 Å². The molecule has 6 heteroatoms. The van der Waals surface area contributed by atoms with Crippen LogP contribution in [-0.2, 0) is 15.9 Å². The highest BCUT2D eigenvalue weighted by molar-refractivity contribution is 7.89. The number of halogens is 1. The van der Waals surface area contributed by atoms with Crippen molar-refractivity contribution in [3.05, 3.63) is 23.8 Å². The number of alkyl halides is 1. The van der Waals surface area contributed by atoms with Crippen LogP contribution in [0.2, 0.25) is 0 Å². The molecule has 0 amide bonds. The molecule has 1 heterocycles. The van der Waals surface area contributed by atoms with Gasteiger partial charge in [0.25, 0.3) is 0 Å².